The lowest BCUT2D eigenvalue weighted by Crippen LogP contribution is -2.21. The molecule has 0 fully saturated rings. The summed E-state index contributed by atoms with van der Waals surface area (Å²) in [4.78, 5) is 18.7. The van der Waals surface area contributed by atoms with Crippen molar-refractivity contribution in [3.8, 4) is 16.3 Å². The number of methoxy groups -OCH3 is 1. The lowest BCUT2D eigenvalue weighted by Gasteiger charge is -2.26. The molecule has 0 bridgehead atoms. The third kappa shape index (κ3) is 5.40. The largest absolute Gasteiger partial charge is 0.482 e. The van der Waals surface area contributed by atoms with Gasteiger partial charge in [-0.15, -0.1) is 11.3 Å². The van der Waals surface area contributed by atoms with Crippen LogP contribution in [-0.2, 0) is 15.7 Å². The molecule has 0 spiro atoms. The van der Waals surface area contributed by atoms with Crippen molar-refractivity contribution in [1.29, 1.82) is 0 Å². The van der Waals surface area contributed by atoms with E-state index < -0.39 is 17.7 Å². The molecule has 170 valence electrons. The Morgan fingerprint density at radius 2 is 1.88 bits per heavy atom. The first-order valence-electron chi connectivity index (χ1n) is 9.76. The molecule has 9 heteroatoms. The van der Waals surface area contributed by atoms with Crippen LogP contribution in [0, 0.1) is 6.92 Å². The van der Waals surface area contributed by atoms with Gasteiger partial charge in [0, 0.05) is 29.4 Å². The zero-order chi connectivity index (χ0) is 23.5. The maximum Gasteiger partial charge on any atom is 0.416 e. The van der Waals surface area contributed by atoms with E-state index >= 15 is 0 Å². The Kier molecular flexibility index (Phi) is 7.08. The summed E-state index contributed by atoms with van der Waals surface area (Å²) in [5, 5.41) is 0.664. The molecule has 3 rings (SSSR count). The van der Waals surface area contributed by atoms with Crippen molar-refractivity contribution in [1.82, 2.24) is 4.98 Å². The maximum absolute atomic E-state index is 12.8. The summed E-state index contributed by atoms with van der Waals surface area (Å²) in [6.07, 6.45) is -2.61. The number of anilines is 1. The zero-order valence-corrected chi connectivity index (χ0v) is 18.9. The van der Waals surface area contributed by atoms with E-state index in [1.165, 1.54) is 30.6 Å². The second kappa shape index (κ2) is 9.60. The molecule has 1 aromatic heterocycles. The minimum Gasteiger partial charge on any atom is -0.482 e. The van der Waals surface area contributed by atoms with Crippen LogP contribution in [0.5, 0.6) is 5.75 Å². The molecule has 1 unspecified atom stereocenters. The molecule has 3 aromatic rings. The summed E-state index contributed by atoms with van der Waals surface area (Å²) in [6.45, 7) is 3.77. The molecule has 1 atom stereocenters. The summed E-state index contributed by atoms with van der Waals surface area (Å²) in [7, 11) is 3.26. The molecule has 0 aliphatic carbocycles. The van der Waals surface area contributed by atoms with Gasteiger partial charge in [-0.05, 0) is 49.7 Å². The number of nitrogens with zero attached hydrogens (tertiary/aromatic N) is 2. The highest BCUT2D eigenvalue weighted by Gasteiger charge is 2.30. The molecule has 0 radical (unpaired) electrons. The molecular weight excluding hydrogens is 441 g/mol. The number of ether oxygens (including phenoxy) is 2. The third-order valence-electron chi connectivity index (χ3n) is 5.11. The summed E-state index contributed by atoms with van der Waals surface area (Å²) >= 11 is 1.44. The van der Waals surface area contributed by atoms with Crippen molar-refractivity contribution in [2.45, 2.75) is 26.1 Å². The molecule has 0 saturated carbocycles. The average Bonchev–Trinajstić information content (AvgIpc) is 3.26. The predicted octanol–water partition coefficient (Wildman–Crippen LogP) is 5.89. The van der Waals surface area contributed by atoms with E-state index in [-0.39, 0.29) is 12.6 Å². The highest BCUT2D eigenvalue weighted by molar-refractivity contribution is 7.15. The summed E-state index contributed by atoms with van der Waals surface area (Å²) < 4.78 is 48.4. The van der Waals surface area contributed by atoms with Gasteiger partial charge in [0.25, 0.3) is 0 Å². The Hall–Kier alpha value is -3.07. The van der Waals surface area contributed by atoms with Gasteiger partial charge < -0.3 is 14.4 Å². The van der Waals surface area contributed by atoms with E-state index in [1.54, 1.807) is 12.3 Å². The van der Waals surface area contributed by atoms with E-state index in [0.717, 1.165) is 28.3 Å². The van der Waals surface area contributed by atoms with Gasteiger partial charge in [-0.2, -0.15) is 13.2 Å². The van der Waals surface area contributed by atoms with Gasteiger partial charge in [-0.25, -0.2) is 9.78 Å². The van der Waals surface area contributed by atoms with Crippen LogP contribution in [0.3, 0.4) is 0 Å². The molecule has 0 N–H and O–H groups in total. The first-order valence-corrected chi connectivity index (χ1v) is 10.6. The predicted molar refractivity (Wildman–Crippen MR) is 118 cm³/mol. The van der Waals surface area contributed by atoms with Crippen molar-refractivity contribution < 1.29 is 27.4 Å². The van der Waals surface area contributed by atoms with Gasteiger partial charge in [-0.1, -0.05) is 12.1 Å². The van der Waals surface area contributed by atoms with Crippen LogP contribution in [0.25, 0.3) is 10.6 Å². The first kappa shape index (κ1) is 23.6. The first-order chi connectivity index (χ1) is 15.1. The lowest BCUT2D eigenvalue weighted by molar-refractivity contribution is -0.143. The number of carbonyl (C=O) groups excluding carboxylic acids is 1. The molecule has 0 saturated heterocycles. The quantitative estimate of drug-likeness (QED) is 0.409. The molecular formula is C23H23F3N2O3S. The number of esters is 1. The summed E-state index contributed by atoms with van der Waals surface area (Å²) in [5.41, 5.74) is 1.79. The minimum atomic E-state index is -4.36. The van der Waals surface area contributed by atoms with Crippen LogP contribution in [0.4, 0.5) is 18.9 Å². The maximum atomic E-state index is 12.8. The highest BCUT2D eigenvalue weighted by Crippen LogP contribution is 2.36. The van der Waals surface area contributed by atoms with Gasteiger partial charge >= 0.3 is 12.1 Å². The van der Waals surface area contributed by atoms with Crippen LogP contribution >= 0.6 is 11.3 Å². The van der Waals surface area contributed by atoms with Gasteiger partial charge in [-0.3, -0.25) is 0 Å². The Morgan fingerprint density at radius 3 is 2.47 bits per heavy atom. The minimum absolute atomic E-state index is 0.0167. The number of aryl methyl sites for hydroxylation is 1. The topological polar surface area (TPSA) is 51.7 Å². The van der Waals surface area contributed by atoms with Crippen molar-refractivity contribution in [3.05, 3.63) is 64.7 Å². The standard InChI is InChI=1S/C23H23F3N2O3S/c1-14-11-18(9-10-19(14)31-13-21(29)30-4)28(3)15(2)20-12-27-22(32-20)16-5-7-17(8-6-16)23(24,25)26/h5-12,15H,13H2,1-4H3. The van der Waals surface area contributed by atoms with Crippen LogP contribution in [0.2, 0.25) is 0 Å². The van der Waals surface area contributed by atoms with E-state index in [0.29, 0.717) is 16.3 Å². The Balaban J connectivity index is 1.72. The van der Waals surface area contributed by atoms with E-state index in [1.807, 2.05) is 33.0 Å². The molecule has 1 heterocycles. The molecule has 0 aliphatic rings. The van der Waals surface area contributed by atoms with E-state index in [9.17, 15) is 18.0 Å². The fourth-order valence-corrected chi connectivity index (χ4v) is 4.06. The molecule has 2 aromatic carbocycles. The number of thiazole rings is 1. The van der Waals surface area contributed by atoms with E-state index in [2.05, 4.69) is 14.6 Å². The number of carbonyl (C=O) groups is 1. The van der Waals surface area contributed by atoms with Crippen molar-refractivity contribution in [2.24, 2.45) is 0 Å². The van der Waals surface area contributed by atoms with Crippen LogP contribution < -0.4 is 9.64 Å². The fourth-order valence-electron chi connectivity index (χ4n) is 3.04. The van der Waals surface area contributed by atoms with Gasteiger partial charge in [0.2, 0.25) is 0 Å². The molecule has 32 heavy (non-hydrogen) atoms. The van der Waals surface area contributed by atoms with Crippen molar-refractivity contribution in [2.75, 3.05) is 25.7 Å². The number of alkyl halides is 3. The Bertz CT molecular complexity index is 1080. The van der Waals surface area contributed by atoms with E-state index in [4.69, 9.17) is 4.74 Å². The number of benzene rings is 2. The number of aromatic nitrogens is 1. The van der Waals surface area contributed by atoms with Gasteiger partial charge in [0.1, 0.15) is 10.8 Å². The summed E-state index contributed by atoms with van der Waals surface area (Å²) in [6, 6.07) is 10.7. The number of hydrogen-bond donors (Lipinski definition) is 0. The monoisotopic (exact) mass is 464 g/mol. The normalized spacial score (nSPS) is 12.3. The van der Waals surface area contributed by atoms with Crippen LogP contribution in [0.15, 0.2) is 48.7 Å². The lowest BCUT2D eigenvalue weighted by atomic mass is 10.1. The SMILES string of the molecule is COC(=O)COc1ccc(N(C)C(C)c2cnc(-c3ccc(C(F)(F)F)cc3)s2)cc1C. The van der Waals surface area contributed by atoms with Gasteiger partial charge in [0.05, 0.1) is 18.7 Å². The number of hydrogen-bond acceptors (Lipinski definition) is 6. The summed E-state index contributed by atoms with van der Waals surface area (Å²) in [5.74, 6) is 0.149. The van der Waals surface area contributed by atoms with Gasteiger partial charge in [0.15, 0.2) is 6.61 Å². The number of rotatable bonds is 7. The van der Waals surface area contributed by atoms with Crippen LogP contribution in [0.1, 0.15) is 29.0 Å². The van der Waals surface area contributed by atoms with Crippen molar-refractivity contribution >= 4 is 23.0 Å². The average molecular weight is 465 g/mol. The Labute approximate surface area is 188 Å². The smallest absolute Gasteiger partial charge is 0.416 e. The molecule has 5 nitrogen and oxygen atoms in total. The third-order valence-corrected chi connectivity index (χ3v) is 6.33. The second-order valence-corrected chi connectivity index (χ2v) is 8.31. The fraction of sp³-hybridized carbons (Fsp3) is 0.304. The highest BCUT2D eigenvalue weighted by atomic mass is 32.1. The number of halogens is 3. The molecule has 0 amide bonds. The Morgan fingerprint density at radius 1 is 1.19 bits per heavy atom. The molecule has 0 aliphatic heterocycles. The second-order valence-electron chi connectivity index (χ2n) is 7.24. The van der Waals surface area contributed by atoms with Crippen molar-refractivity contribution in [3.63, 3.8) is 0 Å². The van der Waals surface area contributed by atoms with Crippen LogP contribution in [-0.4, -0.2) is 31.7 Å². The zero-order valence-electron chi connectivity index (χ0n) is 18.1.